The Morgan fingerprint density at radius 3 is 1.25 bits per heavy atom. The summed E-state index contributed by atoms with van der Waals surface area (Å²) in [5, 5.41) is 0. The molecule has 0 saturated heterocycles. The van der Waals surface area contributed by atoms with E-state index in [0.29, 0.717) is 0 Å². The van der Waals surface area contributed by atoms with Crippen molar-refractivity contribution in [1.29, 1.82) is 0 Å². The van der Waals surface area contributed by atoms with E-state index in [-0.39, 0.29) is 40.1 Å². The van der Waals surface area contributed by atoms with Gasteiger partial charge in [-0.15, -0.1) is 0 Å². The minimum Gasteiger partial charge on any atom is -0.358 e. The Bertz CT molecular complexity index is 3.25. The molecular formula is C3H8Y-2. The van der Waals surface area contributed by atoms with E-state index in [1.165, 1.54) is 0 Å². The Labute approximate surface area is 53.9 Å². The smallest absolute Gasteiger partial charge is 0 e. The molecule has 0 spiro atoms. The van der Waals surface area contributed by atoms with Crippen molar-refractivity contribution in [2.75, 3.05) is 0 Å². The molecule has 4 heavy (non-hydrogen) atoms. The first-order valence-corrected chi connectivity index (χ1v) is 0.707. The SMILES string of the molecule is [CH2-]C.[CH3-].[Y]. The molecule has 0 N–H and O–H groups in total. The average Bonchev–Trinajstić information content (AvgIpc) is 1.00. The molecule has 0 amide bonds. The van der Waals surface area contributed by atoms with Crippen molar-refractivity contribution in [2.24, 2.45) is 0 Å². The van der Waals surface area contributed by atoms with Crippen molar-refractivity contribution >= 4 is 0 Å². The van der Waals surface area contributed by atoms with Crippen LogP contribution in [0.25, 0.3) is 0 Å². The van der Waals surface area contributed by atoms with Crippen molar-refractivity contribution in [3.05, 3.63) is 14.4 Å². The van der Waals surface area contributed by atoms with Gasteiger partial charge in [-0.05, 0) is 0 Å². The summed E-state index contributed by atoms with van der Waals surface area (Å²) in [6.07, 6.45) is 0. The second-order valence-electron chi connectivity index (χ2n) is 0. The summed E-state index contributed by atoms with van der Waals surface area (Å²) in [7, 11) is 0. The third-order valence-corrected chi connectivity index (χ3v) is 0. The van der Waals surface area contributed by atoms with Gasteiger partial charge in [0, 0.05) is 32.7 Å². The predicted molar refractivity (Wildman–Crippen MR) is 17.4 cm³/mol. The van der Waals surface area contributed by atoms with Crippen LogP contribution in [0.1, 0.15) is 6.92 Å². The standard InChI is InChI=1S/C2H5.CH3.Y/c1-2;;/h1H2,2H3;1H3;/q2*-1;. The fourth-order valence-electron chi connectivity index (χ4n) is 0. The third kappa shape index (κ3) is 11.3. The molecular weight excluding hydrogens is 125 g/mol. The molecule has 1 radical (unpaired) electrons. The first-order chi connectivity index (χ1) is 1.00. The maximum atomic E-state index is 3.25. The van der Waals surface area contributed by atoms with Gasteiger partial charge >= 0.3 is 0 Å². The van der Waals surface area contributed by atoms with Crippen LogP contribution in [0.3, 0.4) is 0 Å². The van der Waals surface area contributed by atoms with Gasteiger partial charge in [0.2, 0.25) is 0 Å². The summed E-state index contributed by atoms with van der Waals surface area (Å²) in [6.45, 7) is 5.00. The zero-order valence-electron chi connectivity index (χ0n) is 3.28. The van der Waals surface area contributed by atoms with Gasteiger partial charge in [0.25, 0.3) is 0 Å². The zero-order chi connectivity index (χ0) is 2.00. The Morgan fingerprint density at radius 2 is 1.25 bits per heavy atom. The van der Waals surface area contributed by atoms with Crippen LogP contribution in [0.2, 0.25) is 0 Å². The molecule has 0 unspecified atom stereocenters. The molecule has 0 aliphatic carbocycles. The average molecular weight is 133 g/mol. The zero-order valence-corrected chi connectivity index (χ0v) is 6.12. The van der Waals surface area contributed by atoms with E-state index in [4.69, 9.17) is 0 Å². The molecule has 0 aromatic rings. The summed E-state index contributed by atoms with van der Waals surface area (Å²) in [6, 6.07) is 0. The van der Waals surface area contributed by atoms with Gasteiger partial charge in [-0.25, -0.2) is 0 Å². The normalized spacial score (nSPS) is 1.50. The van der Waals surface area contributed by atoms with E-state index in [9.17, 15) is 0 Å². The van der Waals surface area contributed by atoms with Crippen LogP contribution in [-0.2, 0) is 32.7 Å². The molecule has 0 bridgehead atoms. The van der Waals surface area contributed by atoms with Crippen LogP contribution < -0.4 is 0 Å². The second kappa shape index (κ2) is 32.4. The molecule has 1 heteroatoms. The van der Waals surface area contributed by atoms with Crippen molar-refractivity contribution < 1.29 is 32.7 Å². The Morgan fingerprint density at radius 1 is 1.25 bits per heavy atom. The summed E-state index contributed by atoms with van der Waals surface area (Å²) in [5.74, 6) is 0. The molecule has 0 rings (SSSR count). The van der Waals surface area contributed by atoms with Gasteiger partial charge in [-0.3, -0.25) is 0 Å². The van der Waals surface area contributed by atoms with E-state index in [0.717, 1.165) is 0 Å². The molecule has 0 fully saturated rings. The van der Waals surface area contributed by atoms with Crippen LogP contribution in [0.4, 0.5) is 0 Å². The van der Waals surface area contributed by atoms with Gasteiger partial charge in [-0.2, -0.15) is 6.92 Å². The van der Waals surface area contributed by atoms with E-state index < -0.39 is 0 Å². The molecule has 0 atom stereocenters. The van der Waals surface area contributed by atoms with E-state index >= 15 is 0 Å². The summed E-state index contributed by atoms with van der Waals surface area (Å²) >= 11 is 0. The van der Waals surface area contributed by atoms with Gasteiger partial charge in [0.15, 0.2) is 0 Å². The quantitative estimate of drug-likeness (QED) is 0.436. The van der Waals surface area contributed by atoms with E-state index in [1.54, 1.807) is 6.92 Å². The Balaban J connectivity index is -0.00000000500. The van der Waals surface area contributed by atoms with Crippen LogP contribution in [-0.4, -0.2) is 0 Å². The number of rotatable bonds is 0. The van der Waals surface area contributed by atoms with Crippen LogP contribution in [0.15, 0.2) is 0 Å². The van der Waals surface area contributed by atoms with Gasteiger partial charge in [-0.1, -0.05) is 0 Å². The number of hydrogen-bond donors (Lipinski definition) is 0. The molecule has 0 aliphatic heterocycles. The molecule has 0 heterocycles. The first kappa shape index (κ1) is 19.4. The Kier molecular flexibility index (Phi) is 158. The molecule has 0 aromatic carbocycles. The summed E-state index contributed by atoms with van der Waals surface area (Å²) in [4.78, 5) is 0. The summed E-state index contributed by atoms with van der Waals surface area (Å²) < 4.78 is 0. The summed E-state index contributed by atoms with van der Waals surface area (Å²) in [5.41, 5.74) is 0. The van der Waals surface area contributed by atoms with Gasteiger partial charge in [0.1, 0.15) is 0 Å². The minimum atomic E-state index is 0. The minimum absolute atomic E-state index is 0. The maximum absolute atomic E-state index is 3.25. The fourth-order valence-corrected chi connectivity index (χ4v) is 0. The topological polar surface area (TPSA) is 0 Å². The second-order valence-corrected chi connectivity index (χ2v) is 0. The van der Waals surface area contributed by atoms with Crippen LogP contribution in [0, 0.1) is 14.4 Å². The molecule has 0 saturated carbocycles. The molecule has 0 aliphatic rings. The Hall–Kier alpha value is 1.10. The van der Waals surface area contributed by atoms with E-state index in [2.05, 4.69) is 6.92 Å². The van der Waals surface area contributed by atoms with Gasteiger partial charge in [0.05, 0.1) is 0 Å². The monoisotopic (exact) mass is 133 g/mol. The first-order valence-electron chi connectivity index (χ1n) is 0.707. The molecule has 0 nitrogen and oxygen atoms in total. The van der Waals surface area contributed by atoms with Gasteiger partial charge < -0.3 is 14.4 Å². The third-order valence-electron chi connectivity index (χ3n) is 0. The largest absolute Gasteiger partial charge is 0.358 e. The van der Waals surface area contributed by atoms with Crippen molar-refractivity contribution in [1.82, 2.24) is 0 Å². The van der Waals surface area contributed by atoms with Crippen molar-refractivity contribution in [2.45, 2.75) is 6.92 Å². The number of hydrogen-bond acceptors (Lipinski definition) is 0. The predicted octanol–water partition coefficient (Wildman–Crippen LogP) is 1.29. The fraction of sp³-hybridized carbons (Fsp3) is 0.333. The van der Waals surface area contributed by atoms with Crippen LogP contribution >= 0.6 is 0 Å². The van der Waals surface area contributed by atoms with Crippen molar-refractivity contribution in [3.63, 3.8) is 0 Å². The van der Waals surface area contributed by atoms with Crippen LogP contribution in [0.5, 0.6) is 0 Å². The maximum Gasteiger partial charge on any atom is 0 e. The molecule has 25 valence electrons. The van der Waals surface area contributed by atoms with Crippen molar-refractivity contribution in [3.8, 4) is 0 Å². The van der Waals surface area contributed by atoms with E-state index in [1.807, 2.05) is 0 Å². The molecule has 0 aromatic heterocycles.